The first-order chi connectivity index (χ1) is 12.6. The van der Waals surface area contributed by atoms with Crippen LogP contribution in [-0.2, 0) is 16.1 Å². The second kappa shape index (κ2) is 8.51. The average molecular weight is 375 g/mol. The molecule has 0 aliphatic carbocycles. The van der Waals surface area contributed by atoms with E-state index in [9.17, 15) is 9.59 Å². The number of thiophene rings is 1. The Kier molecular flexibility index (Phi) is 6.11. The number of piperidine rings is 1. The number of carbonyl (C=O) groups excluding carboxylic acids is 2. The maximum Gasteiger partial charge on any atom is 0.354 e. The predicted molar refractivity (Wildman–Crippen MR) is 101 cm³/mol. The number of carbonyl (C=O) groups is 2. The van der Waals surface area contributed by atoms with E-state index in [1.807, 2.05) is 41.3 Å². The minimum Gasteiger partial charge on any atom is -0.464 e. The SMILES string of the molecule is COC(=O)c1cccn1C1CCN(C(C)C(=O)NCc2cccs2)CC1. The molecule has 0 spiro atoms. The summed E-state index contributed by atoms with van der Waals surface area (Å²) in [5.74, 6) is -0.244. The summed E-state index contributed by atoms with van der Waals surface area (Å²) in [6.07, 6.45) is 3.74. The fourth-order valence-electron chi connectivity index (χ4n) is 3.44. The Morgan fingerprint density at radius 2 is 2.08 bits per heavy atom. The third-order valence-corrected chi connectivity index (χ3v) is 5.89. The normalized spacial score (nSPS) is 17.0. The molecule has 1 amide bonds. The largest absolute Gasteiger partial charge is 0.464 e. The van der Waals surface area contributed by atoms with Crippen molar-refractivity contribution < 1.29 is 14.3 Å². The number of rotatable bonds is 6. The average Bonchev–Trinajstić information content (AvgIpc) is 3.36. The molecule has 26 heavy (non-hydrogen) atoms. The smallest absolute Gasteiger partial charge is 0.354 e. The Bertz CT molecular complexity index is 733. The number of amides is 1. The summed E-state index contributed by atoms with van der Waals surface area (Å²) in [6.45, 7) is 4.21. The van der Waals surface area contributed by atoms with Crippen molar-refractivity contribution >= 4 is 23.2 Å². The van der Waals surface area contributed by atoms with Gasteiger partial charge in [-0.3, -0.25) is 9.69 Å². The van der Waals surface area contributed by atoms with E-state index in [4.69, 9.17) is 4.74 Å². The van der Waals surface area contributed by atoms with Crippen LogP contribution in [0.5, 0.6) is 0 Å². The molecule has 0 aromatic carbocycles. The summed E-state index contributed by atoms with van der Waals surface area (Å²) in [6, 6.07) is 7.79. The van der Waals surface area contributed by atoms with Crippen LogP contribution in [0.15, 0.2) is 35.8 Å². The van der Waals surface area contributed by atoms with Gasteiger partial charge in [0.05, 0.1) is 19.7 Å². The van der Waals surface area contributed by atoms with Crippen molar-refractivity contribution in [2.24, 2.45) is 0 Å². The van der Waals surface area contributed by atoms with Crippen LogP contribution in [0, 0.1) is 0 Å². The highest BCUT2D eigenvalue weighted by Gasteiger charge is 2.28. The first-order valence-corrected chi connectivity index (χ1v) is 9.77. The number of likely N-dealkylation sites (tertiary alicyclic amines) is 1. The van der Waals surface area contributed by atoms with Crippen molar-refractivity contribution in [2.75, 3.05) is 20.2 Å². The molecule has 1 unspecified atom stereocenters. The lowest BCUT2D eigenvalue weighted by Gasteiger charge is -2.36. The fraction of sp³-hybridized carbons (Fsp3) is 0.474. The summed E-state index contributed by atoms with van der Waals surface area (Å²) in [4.78, 5) is 27.6. The monoisotopic (exact) mass is 375 g/mol. The molecule has 0 radical (unpaired) electrons. The van der Waals surface area contributed by atoms with Gasteiger partial charge in [0.15, 0.2) is 0 Å². The van der Waals surface area contributed by atoms with E-state index in [2.05, 4.69) is 10.2 Å². The van der Waals surface area contributed by atoms with Crippen LogP contribution in [0.3, 0.4) is 0 Å². The number of esters is 1. The van der Waals surface area contributed by atoms with Gasteiger partial charge in [0.1, 0.15) is 5.69 Å². The molecular formula is C19H25N3O3S. The maximum absolute atomic E-state index is 12.4. The Morgan fingerprint density at radius 3 is 2.73 bits per heavy atom. The van der Waals surface area contributed by atoms with Gasteiger partial charge in [-0.05, 0) is 43.3 Å². The molecule has 6 nitrogen and oxygen atoms in total. The van der Waals surface area contributed by atoms with E-state index < -0.39 is 0 Å². The zero-order valence-electron chi connectivity index (χ0n) is 15.2. The van der Waals surface area contributed by atoms with E-state index in [0.717, 1.165) is 30.8 Å². The van der Waals surface area contributed by atoms with Crippen molar-refractivity contribution in [3.8, 4) is 0 Å². The standard InChI is InChI=1S/C19H25N3O3S/c1-14(18(23)20-13-16-5-4-12-26-16)21-10-7-15(8-11-21)22-9-3-6-17(22)19(24)25-2/h3-6,9,12,14-15H,7-8,10-11,13H2,1-2H3,(H,20,23). The lowest BCUT2D eigenvalue weighted by molar-refractivity contribution is -0.126. The Morgan fingerprint density at radius 1 is 1.31 bits per heavy atom. The second-order valence-corrected chi connectivity index (χ2v) is 7.56. The van der Waals surface area contributed by atoms with Gasteiger partial charge in [-0.25, -0.2) is 4.79 Å². The number of nitrogens with one attached hydrogen (secondary N) is 1. The fourth-order valence-corrected chi connectivity index (χ4v) is 4.09. The van der Waals surface area contributed by atoms with Gasteiger partial charge in [-0.15, -0.1) is 11.3 Å². The first-order valence-electron chi connectivity index (χ1n) is 8.89. The molecule has 3 rings (SSSR count). The first kappa shape index (κ1) is 18.7. The van der Waals surface area contributed by atoms with E-state index in [0.29, 0.717) is 12.2 Å². The lowest BCUT2D eigenvalue weighted by Crippen LogP contribution is -2.48. The van der Waals surface area contributed by atoms with Crippen LogP contribution in [0.1, 0.15) is 41.2 Å². The van der Waals surface area contributed by atoms with Gasteiger partial charge in [0.2, 0.25) is 5.91 Å². The van der Waals surface area contributed by atoms with Crippen LogP contribution < -0.4 is 5.32 Å². The molecule has 1 saturated heterocycles. The van der Waals surface area contributed by atoms with E-state index in [1.165, 1.54) is 7.11 Å². The Balaban J connectivity index is 1.52. The summed E-state index contributed by atoms with van der Waals surface area (Å²) in [7, 11) is 1.40. The van der Waals surface area contributed by atoms with Crippen LogP contribution in [-0.4, -0.2) is 47.6 Å². The summed E-state index contributed by atoms with van der Waals surface area (Å²) in [5, 5.41) is 5.03. The molecule has 0 bridgehead atoms. The minimum atomic E-state index is -0.307. The molecule has 140 valence electrons. The van der Waals surface area contributed by atoms with Gasteiger partial charge in [0.25, 0.3) is 0 Å². The number of aromatic nitrogens is 1. The molecule has 2 aromatic rings. The summed E-state index contributed by atoms with van der Waals surface area (Å²) in [5.41, 5.74) is 0.590. The van der Waals surface area contributed by atoms with E-state index in [1.54, 1.807) is 17.4 Å². The van der Waals surface area contributed by atoms with Crippen LogP contribution in [0.2, 0.25) is 0 Å². The molecule has 1 aliphatic heterocycles. The van der Waals surface area contributed by atoms with Crippen molar-refractivity contribution in [1.82, 2.24) is 14.8 Å². The highest BCUT2D eigenvalue weighted by Crippen LogP contribution is 2.26. The number of methoxy groups -OCH3 is 1. The van der Waals surface area contributed by atoms with Crippen molar-refractivity contribution in [3.63, 3.8) is 0 Å². The minimum absolute atomic E-state index is 0.0630. The van der Waals surface area contributed by atoms with Crippen LogP contribution in [0.4, 0.5) is 0 Å². The van der Waals surface area contributed by atoms with Gasteiger partial charge in [0, 0.05) is 30.2 Å². The van der Waals surface area contributed by atoms with Crippen molar-refractivity contribution in [2.45, 2.75) is 38.4 Å². The number of hydrogen-bond donors (Lipinski definition) is 1. The topological polar surface area (TPSA) is 63.6 Å². The Labute approximate surface area is 157 Å². The highest BCUT2D eigenvalue weighted by atomic mass is 32.1. The maximum atomic E-state index is 12.4. The molecule has 2 aromatic heterocycles. The van der Waals surface area contributed by atoms with Crippen LogP contribution in [0.25, 0.3) is 0 Å². The highest BCUT2D eigenvalue weighted by molar-refractivity contribution is 7.09. The molecule has 1 N–H and O–H groups in total. The Hall–Kier alpha value is -2.12. The molecule has 1 fully saturated rings. The zero-order chi connectivity index (χ0) is 18.5. The predicted octanol–water partition coefficient (Wildman–Crippen LogP) is 2.68. The van der Waals surface area contributed by atoms with Gasteiger partial charge in [-0.2, -0.15) is 0 Å². The van der Waals surface area contributed by atoms with Crippen LogP contribution >= 0.6 is 11.3 Å². The third-order valence-electron chi connectivity index (χ3n) is 5.01. The van der Waals surface area contributed by atoms with Gasteiger partial charge < -0.3 is 14.6 Å². The summed E-state index contributed by atoms with van der Waals surface area (Å²) < 4.78 is 6.86. The van der Waals surface area contributed by atoms with Gasteiger partial charge >= 0.3 is 5.97 Å². The van der Waals surface area contributed by atoms with Gasteiger partial charge in [-0.1, -0.05) is 6.07 Å². The lowest BCUT2D eigenvalue weighted by atomic mass is 10.0. The molecule has 3 heterocycles. The molecule has 1 aliphatic rings. The molecular weight excluding hydrogens is 350 g/mol. The summed E-state index contributed by atoms with van der Waals surface area (Å²) >= 11 is 1.65. The zero-order valence-corrected chi connectivity index (χ0v) is 16.0. The van der Waals surface area contributed by atoms with Crippen molar-refractivity contribution in [1.29, 1.82) is 0 Å². The van der Waals surface area contributed by atoms with E-state index in [-0.39, 0.29) is 24.0 Å². The quantitative estimate of drug-likeness (QED) is 0.789. The molecule has 0 saturated carbocycles. The van der Waals surface area contributed by atoms with Crippen molar-refractivity contribution in [3.05, 3.63) is 46.4 Å². The number of ether oxygens (including phenoxy) is 1. The molecule has 1 atom stereocenters. The number of hydrogen-bond acceptors (Lipinski definition) is 5. The van der Waals surface area contributed by atoms with E-state index >= 15 is 0 Å². The number of nitrogens with zero attached hydrogens (tertiary/aromatic N) is 2. The third kappa shape index (κ3) is 4.16. The molecule has 7 heteroatoms. The second-order valence-electron chi connectivity index (χ2n) is 6.53.